The summed E-state index contributed by atoms with van der Waals surface area (Å²) in [7, 11) is 0. The zero-order valence-electron chi connectivity index (χ0n) is 9.09. The Balaban J connectivity index is 2.10. The van der Waals surface area contributed by atoms with Crippen molar-refractivity contribution < 1.29 is 13.7 Å². The molecular weight excluding hydrogens is 214 g/mol. The number of para-hydroxylation sites is 3. The number of benzene rings is 2. The van der Waals surface area contributed by atoms with E-state index in [2.05, 4.69) is 4.57 Å². The Hall–Kier alpha value is -2.29. The molecule has 2 aromatic carbocycles. The number of oxazole rings is 1. The molecule has 3 aromatic rings. The molecule has 0 spiro atoms. The highest BCUT2D eigenvalue weighted by molar-refractivity contribution is 5.73. The molecule has 82 valence electrons. The lowest BCUT2D eigenvalue weighted by atomic mass is 10.2. The summed E-state index contributed by atoms with van der Waals surface area (Å²) < 4.78 is 13.7. The summed E-state index contributed by atoms with van der Waals surface area (Å²) >= 11 is 0. The van der Waals surface area contributed by atoms with Gasteiger partial charge in [0.05, 0.1) is 0 Å². The van der Waals surface area contributed by atoms with Crippen molar-refractivity contribution in [2.24, 2.45) is 0 Å². The van der Waals surface area contributed by atoms with Gasteiger partial charge in [-0.2, -0.15) is 0 Å². The summed E-state index contributed by atoms with van der Waals surface area (Å²) in [5, 5.41) is 0. The maximum Gasteiger partial charge on any atom is 0.388 e. The van der Waals surface area contributed by atoms with Crippen LogP contribution in [-0.4, -0.2) is 0 Å². The lowest BCUT2D eigenvalue weighted by Gasteiger charge is -2.10. The van der Waals surface area contributed by atoms with Crippen LogP contribution in [0.4, 0.5) is 0 Å². The van der Waals surface area contributed by atoms with Gasteiger partial charge in [0, 0.05) is 6.07 Å². The van der Waals surface area contributed by atoms with Crippen LogP contribution in [0.3, 0.4) is 0 Å². The lowest BCUT2D eigenvalue weighted by molar-refractivity contribution is -0.696. The normalized spacial score (nSPS) is 12.9. The van der Waals surface area contributed by atoms with Crippen LogP contribution < -0.4 is 9.30 Å². The predicted molar refractivity (Wildman–Crippen MR) is 62.5 cm³/mol. The second-order valence-corrected chi connectivity index (χ2v) is 4.07. The summed E-state index contributed by atoms with van der Waals surface area (Å²) in [6, 6.07) is 15.9. The highest BCUT2D eigenvalue weighted by atomic mass is 16.5. The van der Waals surface area contributed by atoms with Gasteiger partial charge in [0.15, 0.2) is 0 Å². The topological polar surface area (TPSA) is 26.2 Å². The van der Waals surface area contributed by atoms with Gasteiger partial charge in [0.1, 0.15) is 11.3 Å². The van der Waals surface area contributed by atoms with E-state index in [-0.39, 0.29) is 0 Å². The zero-order chi connectivity index (χ0) is 11.2. The monoisotopic (exact) mass is 224 g/mol. The molecule has 1 aromatic heterocycles. The van der Waals surface area contributed by atoms with E-state index in [0.29, 0.717) is 6.73 Å². The molecule has 3 nitrogen and oxygen atoms in total. The summed E-state index contributed by atoms with van der Waals surface area (Å²) in [5.41, 5.74) is 2.97. The van der Waals surface area contributed by atoms with Crippen LogP contribution in [0, 0.1) is 0 Å². The van der Waals surface area contributed by atoms with E-state index in [9.17, 15) is 0 Å². The minimum Gasteiger partial charge on any atom is -0.435 e. The van der Waals surface area contributed by atoms with E-state index in [0.717, 1.165) is 28.3 Å². The molecule has 0 fully saturated rings. The Morgan fingerprint density at radius 2 is 1.76 bits per heavy atom. The van der Waals surface area contributed by atoms with Crippen molar-refractivity contribution in [2.45, 2.75) is 6.73 Å². The third-order valence-electron chi connectivity index (χ3n) is 3.07. The van der Waals surface area contributed by atoms with Gasteiger partial charge >= 0.3 is 5.89 Å². The maximum atomic E-state index is 5.90. The third-order valence-corrected chi connectivity index (χ3v) is 3.07. The molecule has 17 heavy (non-hydrogen) atoms. The number of nitrogens with zero attached hydrogens (tertiary/aromatic N) is 1. The van der Waals surface area contributed by atoms with E-state index < -0.39 is 0 Å². The SMILES string of the molecule is c1ccc2c(c1)OC[n+]1c-2oc2ccccc21. The largest absolute Gasteiger partial charge is 0.435 e. The first-order valence-electron chi connectivity index (χ1n) is 5.57. The third kappa shape index (κ3) is 1.13. The highest BCUT2D eigenvalue weighted by Crippen LogP contribution is 2.33. The molecule has 0 unspecified atom stereocenters. The molecule has 0 bridgehead atoms. The van der Waals surface area contributed by atoms with E-state index in [4.69, 9.17) is 9.15 Å². The smallest absolute Gasteiger partial charge is 0.388 e. The number of rotatable bonds is 0. The van der Waals surface area contributed by atoms with Gasteiger partial charge in [0.25, 0.3) is 12.2 Å². The van der Waals surface area contributed by atoms with Gasteiger partial charge in [-0.05, 0) is 18.2 Å². The van der Waals surface area contributed by atoms with Crippen LogP contribution in [-0.2, 0) is 6.73 Å². The van der Waals surface area contributed by atoms with Gasteiger partial charge in [-0.1, -0.05) is 24.3 Å². The van der Waals surface area contributed by atoms with Crippen molar-refractivity contribution in [3.8, 4) is 17.2 Å². The van der Waals surface area contributed by atoms with Gasteiger partial charge in [-0.15, -0.1) is 4.57 Å². The Morgan fingerprint density at radius 3 is 2.76 bits per heavy atom. The second kappa shape index (κ2) is 3.10. The minimum atomic E-state index is 0.503. The van der Waals surface area contributed by atoms with Crippen LogP contribution in [0.25, 0.3) is 22.6 Å². The Labute approximate surface area is 97.9 Å². The van der Waals surface area contributed by atoms with Gasteiger partial charge < -0.3 is 9.15 Å². The Bertz CT molecular complexity index is 715. The first kappa shape index (κ1) is 8.82. The molecule has 4 rings (SSSR count). The Morgan fingerprint density at radius 1 is 0.941 bits per heavy atom. The van der Waals surface area contributed by atoms with Gasteiger partial charge in [-0.25, -0.2) is 0 Å². The fraction of sp³-hybridized carbons (Fsp3) is 0.0714. The average molecular weight is 224 g/mol. The summed E-state index contributed by atoms with van der Waals surface area (Å²) in [6.07, 6.45) is 0. The van der Waals surface area contributed by atoms with Crippen LogP contribution in [0.1, 0.15) is 0 Å². The highest BCUT2D eigenvalue weighted by Gasteiger charge is 2.30. The molecule has 0 saturated heterocycles. The van der Waals surface area contributed by atoms with Crippen LogP contribution >= 0.6 is 0 Å². The van der Waals surface area contributed by atoms with E-state index >= 15 is 0 Å². The van der Waals surface area contributed by atoms with E-state index in [1.54, 1.807) is 0 Å². The lowest BCUT2D eigenvalue weighted by Crippen LogP contribution is -2.40. The number of fused-ring (bicyclic) bond motifs is 5. The summed E-state index contributed by atoms with van der Waals surface area (Å²) in [6.45, 7) is 0.503. The summed E-state index contributed by atoms with van der Waals surface area (Å²) in [5.74, 6) is 1.75. The van der Waals surface area contributed by atoms with Crippen molar-refractivity contribution in [1.29, 1.82) is 0 Å². The molecule has 0 aliphatic carbocycles. The first-order valence-corrected chi connectivity index (χ1v) is 5.57. The quantitative estimate of drug-likeness (QED) is 0.549. The zero-order valence-corrected chi connectivity index (χ0v) is 9.09. The standard InChI is InChI=1S/C14H10NO2/c1-3-7-12-10(5-1)14-15(9-16-12)11-6-2-4-8-13(11)17-14/h1-8H,9H2/q+1. The number of hydrogen-bond donors (Lipinski definition) is 0. The fourth-order valence-corrected chi connectivity index (χ4v) is 2.27. The fourth-order valence-electron chi connectivity index (χ4n) is 2.27. The van der Waals surface area contributed by atoms with Gasteiger partial charge in [-0.3, -0.25) is 0 Å². The molecule has 3 heteroatoms. The molecule has 0 atom stereocenters. The molecule has 1 aliphatic heterocycles. The molecule has 0 N–H and O–H groups in total. The first-order chi connectivity index (χ1) is 8.43. The summed E-state index contributed by atoms with van der Waals surface area (Å²) in [4.78, 5) is 0. The van der Waals surface area contributed by atoms with Crippen molar-refractivity contribution in [3.05, 3.63) is 48.5 Å². The average Bonchev–Trinajstić information content (AvgIpc) is 2.78. The molecule has 0 radical (unpaired) electrons. The van der Waals surface area contributed by atoms with E-state index in [1.165, 1.54) is 0 Å². The van der Waals surface area contributed by atoms with E-state index in [1.807, 2.05) is 48.5 Å². The number of hydrogen-bond acceptors (Lipinski definition) is 2. The van der Waals surface area contributed by atoms with Crippen LogP contribution in [0.15, 0.2) is 52.9 Å². The van der Waals surface area contributed by atoms with Crippen molar-refractivity contribution in [3.63, 3.8) is 0 Å². The predicted octanol–water partition coefficient (Wildman–Crippen LogP) is 2.74. The van der Waals surface area contributed by atoms with Crippen LogP contribution in [0.2, 0.25) is 0 Å². The van der Waals surface area contributed by atoms with Crippen LogP contribution in [0.5, 0.6) is 5.75 Å². The molecule has 2 heterocycles. The Kier molecular flexibility index (Phi) is 1.61. The van der Waals surface area contributed by atoms with Crippen molar-refractivity contribution >= 4 is 11.1 Å². The number of aromatic nitrogens is 1. The molecular formula is C14H10NO2+. The maximum absolute atomic E-state index is 5.90. The second-order valence-electron chi connectivity index (χ2n) is 4.07. The molecule has 0 amide bonds. The number of ether oxygens (including phenoxy) is 1. The van der Waals surface area contributed by atoms with Crippen molar-refractivity contribution in [2.75, 3.05) is 0 Å². The van der Waals surface area contributed by atoms with Crippen molar-refractivity contribution in [1.82, 2.24) is 0 Å². The molecule has 0 saturated carbocycles. The molecule has 1 aliphatic rings. The minimum absolute atomic E-state index is 0.503. The van der Waals surface area contributed by atoms with Gasteiger partial charge in [0.2, 0.25) is 5.58 Å².